The lowest BCUT2D eigenvalue weighted by Gasteiger charge is -2.16. The largest absolute Gasteiger partial charge is 0.330 e. The number of thiazole rings is 1. The molecule has 2 aromatic heterocycles. The summed E-state index contributed by atoms with van der Waals surface area (Å²) in [5.41, 5.74) is 6.92. The van der Waals surface area contributed by atoms with Gasteiger partial charge in [-0.3, -0.25) is 4.40 Å². The predicted molar refractivity (Wildman–Crippen MR) is 64.2 cm³/mol. The van der Waals surface area contributed by atoms with Crippen LogP contribution in [0.2, 0.25) is 0 Å². The summed E-state index contributed by atoms with van der Waals surface area (Å²) < 4.78 is 2.08. The SMILES string of the molecule is CC(C)C(CN)Cc1cn2ccsc2n1. The lowest BCUT2D eigenvalue weighted by Crippen LogP contribution is -2.22. The van der Waals surface area contributed by atoms with Crippen LogP contribution in [0.4, 0.5) is 0 Å². The van der Waals surface area contributed by atoms with Crippen LogP contribution in [0.15, 0.2) is 17.8 Å². The monoisotopic (exact) mass is 223 g/mol. The minimum Gasteiger partial charge on any atom is -0.330 e. The van der Waals surface area contributed by atoms with Crippen molar-refractivity contribution in [3.8, 4) is 0 Å². The van der Waals surface area contributed by atoms with Crippen LogP contribution in [-0.2, 0) is 6.42 Å². The first-order valence-electron chi connectivity index (χ1n) is 5.32. The van der Waals surface area contributed by atoms with Crippen LogP contribution in [0.25, 0.3) is 4.96 Å². The van der Waals surface area contributed by atoms with Crippen molar-refractivity contribution < 1.29 is 0 Å². The van der Waals surface area contributed by atoms with Gasteiger partial charge in [0.1, 0.15) is 0 Å². The molecule has 82 valence electrons. The van der Waals surface area contributed by atoms with Crippen molar-refractivity contribution in [2.24, 2.45) is 17.6 Å². The van der Waals surface area contributed by atoms with Crippen molar-refractivity contribution in [3.05, 3.63) is 23.5 Å². The standard InChI is InChI=1S/C11H17N3S/c1-8(2)9(6-12)5-10-7-14-3-4-15-11(14)13-10/h3-4,7-9H,5-6,12H2,1-2H3. The molecule has 0 amide bonds. The van der Waals surface area contributed by atoms with Gasteiger partial charge in [0.15, 0.2) is 4.96 Å². The second-order valence-corrected chi connectivity index (χ2v) is 5.14. The van der Waals surface area contributed by atoms with E-state index in [9.17, 15) is 0 Å². The van der Waals surface area contributed by atoms with Gasteiger partial charge in [-0.05, 0) is 24.8 Å². The Labute approximate surface area is 93.9 Å². The van der Waals surface area contributed by atoms with Crippen LogP contribution in [0, 0.1) is 11.8 Å². The smallest absolute Gasteiger partial charge is 0.193 e. The van der Waals surface area contributed by atoms with E-state index in [1.165, 1.54) is 0 Å². The van der Waals surface area contributed by atoms with Gasteiger partial charge in [0, 0.05) is 17.8 Å². The highest BCUT2D eigenvalue weighted by Crippen LogP contribution is 2.18. The normalized spacial score (nSPS) is 13.9. The Morgan fingerprint density at radius 2 is 2.33 bits per heavy atom. The zero-order valence-electron chi connectivity index (χ0n) is 9.18. The predicted octanol–water partition coefficient (Wildman–Crippen LogP) is 2.17. The maximum Gasteiger partial charge on any atom is 0.193 e. The van der Waals surface area contributed by atoms with Gasteiger partial charge < -0.3 is 5.73 Å². The molecule has 0 aliphatic rings. The van der Waals surface area contributed by atoms with Crippen LogP contribution in [0.1, 0.15) is 19.5 Å². The molecule has 0 saturated heterocycles. The number of hydrogen-bond donors (Lipinski definition) is 1. The molecule has 1 atom stereocenters. The first-order chi connectivity index (χ1) is 7.20. The summed E-state index contributed by atoms with van der Waals surface area (Å²) >= 11 is 1.67. The number of nitrogens with zero attached hydrogens (tertiary/aromatic N) is 2. The molecule has 0 fully saturated rings. The molecule has 2 N–H and O–H groups in total. The summed E-state index contributed by atoms with van der Waals surface area (Å²) in [4.78, 5) is 5.64. The van der Waals surface area contributed by atoms with Gasteiger partial charge >= 0.3 is 0 Å². The quantitative estimate of drug-likeness (QED) is 0.863. The first kappa shape index (κ1) is 10.6. The molecule has 0 saturated carbocycles. The molecule has 15 heavy (non-hydrogen) atoms. The number of hydrogen-bond acceptors (Lipinski definition) is 3. The van der Waals surface area contributed by atoms with Crippen molar-refractivity contribution in [2.45, 2.75) is 20.3 Å². The highest BCUT2D eigenvalue weighted by Gasteiger charge is 2.14. The maximum absolute atomic E-state index is 5.76. The van der Waals surface area contributed by atoms with Crippen LogP contribution >= 0.6 is 11.3 Å². The van der Waals surface area contributed by atoms with E-state index in [1.807, 2.05) is 6.20 Å². The topological polar surface area (TPSA) is 43.3 Å². The number of nitrogens with two attached hydrogens (primary N) is 1. The average Bonchev–Trinajstić information content (AvgIpc) is 2.72. The van der Waals surface area contributed by atoms with Gasteiger partial charge in [0.25, 0.3) is 0 Å². The molecule has 0 spiro atoms. The fourth-order valence-corrected chi connectivity index (χ4v) is 2.45. The highest BCUT2D eigenvalue weighted by atomic mass is 32.1. The second kappa shape index (κ2) is 4.33. The van der Waals surface area contributed by atoms with E-state index in [1.54, 1.807) is 11.3 Å². The van der Waals surface area contributed by atoms with Crippen molar-refractivity contribution in [2.75, 3.05) is 6.54 Å². The molecule has 0 bridgehead atoms. The zero-order chi connectivity index (χ0) is 10.8. The molecule has 4 heteroatoms. The summed E-state index contributed by atoms with van der Waals surface area (Å²) in [5.74, 6) is 1.16. The van der Waals surface area contributed by atoms with Crippen LogP contribution < -0.4 is 5.73 Å². The zero-order valence-corrected chi connectivity index (χ0v) is 10.00. The van der Waals surface area contributed by atoms with Gasteiger partial charge in [-0.1, -0.05) is 13.8 Å². The Morgan fingerprint density at radius 1 is 1.53 bits per heavy atom. The van der Waals surface area contributed by atoms with E-state index in [0.717, 1.165) is 23.6 Å². The molecule has 0 aliphatic carbocycles. The van der Waals surface area contributed by atoms with Crippen LogP contribution in [0.3, 0.4) is 0 Å². The summed E-state index contributed by atoms with van der Waals surface area (Å²) in [6.07, 6.45) is 5.14. The van der Waals surface area contributed by atoms with Gasteiger partial charge in [0.2, 0.25) is 0 Å². The van der Waals surface area contributed by atoms with Crippen molar-refractivity contribution >= 4 is 16.3 Å². The van der Waals surface area contributed by atoms with Gasteiger partial charge in [-0.15, -0.1) is 11.3 Å². The lowest BCUT2D eigenvalue weighted by molar-refractivity contribution is 0.389. The molecule has 1 unspecified atom stereocenters. The molecule has 3 nitrogen and oxygen atoms in total. The van der Waals surface area contributed by atoms with Crippen molar-refractivity contribution in [3.63, 3.8) is 0 Å². The number of fused-ring (bicyclic) bond motifs is 1. The molecule has 0 aliphatic heterocycles. The molecule has 0 aromatic carbocycles. The van der Waals surface area contributed by atoms with Crippen LogP contribution in [0.5, 0.6) is 0 Å². The van der Waals surface area contributed by atoms with Gasteiger partial charge in [-0.2, -0.15) is 0 Å². The Balaban J connectivity index is 2.14. The Bertz CT molecular complexity index is 401. The fourth-order valence-electron chi connectivity index (χ4n) is 1.73. The van der Waals surface area contributed by atoms with E-state index in [0.29, 0.717) is 11.8 Å². The van der Waals surface area contributed by atoms with Gasteiger partial charge in [0.05, 0.1) is 5.69 Å². The molecular formula is C11H17N3S. The average molecular weight is 223 g/mol. The maximum atomic E-state index is 5.76. The molecule has 2 aromatic rings. The minimum atomic E-state index is 0.537. The summed E-state index contributed by atoms with van der Waals surface area (Å²) in [7, 11) is 0. The third-order valence-electron chi connectivity index (χ3n) is 2.86. The van der Waals surface area contributed by atoms with Crippen molar-refractivity contribution in [1.29, 1.82) is 0 Å². The second-order valence-electron chi connectivity index (χ2n) is 4.27. The molecule has 0 radical (unpaired) electrons. The fraction of sp³-hybridized carbons (Fsp3) is 0.545. The minimum absolute atomic E-state index is 0.537. The van der Waals surface area contributed by atoms with Crippen molar-refractivity contribution in [1.82, 2.24) is 9.38 Å². The van der Waals surface area contributed by atoms with E-state index in [2.05, 4.69) is 34.8 Å². The number of rotatable bonds is 4. The Morgan fingerprint density at radius 3 is 2.93 bits per heavy atom. The van der Waals surface area contributed by atoms with E-state index >= 15 is 0 Å². The number of imidazole rings is 1. The summed E-state index contributed by atoms with van der Waals surface area (Å²) in [5, 5.41) is 2.05. The Kier molecular flexibility index (Phi) is 3.07. The third-order valence-corrected chi connectivity index (χ3v) is 3.63. The van der Waals surface area contributed by atoms with E-state index in [-0.39, 0.29) is 0 Å². The van der Waals surface area contributed by atoms with E-state index < -0.39 is 0 Å². The summed E-state index contributed by atoms with van der Waals surface area (Å²) in [6.45, 7) is 5.18. The first-order valence-corrected chi connectivity index (χ1v) is 6.20. The summed E-state index contributed by atoms with van der Waals surface area (Å²) in [6, 6.07) is 0. The number of aromatic nitrogens is 2. The third kappa shape index (κ3) is 2.21. The lowest BCUT2D eigenvalue weighted by atomic mass is 9.92. The van der Waals surface area contributed by atoms with E-state index in [4.69, 9.17) is 5.73 Å². The van der Waals surface area contributed by atoms with Crippen LogP contribution in [-0.4, -0.2) is 15.9 Å². The molecule has 2 rings (SSSR count). The highest BCUT2D eigenvalue weighted by molar-refractivity contribution is 7.15. The Hall–Kier alpha value is -0.870. The molecular weight excluding hydrogens is 206 g/mol. The van der Waals surface area contributed by atoms with Gasteiger partial charge in [-0.25, -0.2) is 4.98 Å². The molecule has 2 heterocycles.